The Balaban J connectivity index is 1.30. The molecular formula is C23H29N3O2. The van der Waals surface area contributed by atoms with Crippen molar-refractivity contribution in [1.82, 2.24) is 15.5 Å². The molecule has 1 saturated heterocycles. The monoisotopic (exact) mass is 379 g/mol. The number of likely N-dealkylation sites (tertiary alicyclic amines) is 1. The van der Waals surface area contributed by atoms with E-state index in [1.165, 1.54) is 31.5 Å². The maximum atomic E-state index is 12.0. The third-order valence-corrected chi connectivity index (χ3v) is 5.02. The molecule has 1 heterocycles. The third-order valence-electron chi connectivity index (χ3n) is 5.02. The average Bonchev–Trinajstić information content (AvgIpc) is 3.24. The van der Waals surface area contributed by atoms with E-state index in [1.54, 1.807) is 12.1 Å². The van der Waals surface area contributed by atoms with Crippen molar-refractivity contribution in [2.45, 2.75) is 38.8 Å². The SMILES string of the molecule is O=C(CCCNC(=O)c1ccccc1)NCc1ccc(CN2CCCC2)cc1. The van der Waals surface area contributed by atoms with E-state index in [2.05, 4.69) is 39.8 Å². The summed E-state index contributed by atoms with van der Waals surface area (Å²) < 4.78 is 0. The Kier molecular flexibility index (Phi) is 7.62. The number of benzene rings is 2. The lowest BCUT2D eigenvalue weighted by atomic mass is 10.1. The third kappa shape index (κ3) is 6.50. The standard InChI is InChI=1S/C23H29N3O2/c27-22(9-6-14-24-23(28)21-7-2-1-3-8-21)25-17-19-10-12-20(13-11-19)18-26-15-4-5-16-26/h1-3,7-8,10-13H,4-6,9,14-18H2,(H,24,28)(H,25,27). The lowest BCUT2D eigenvalue weighted by Gasteiger charge is -2.14. The van der Waals surface area contributed by atoms with Gasteiger partial charge < -0.3 is 10.6 Å². The smallest absolute Gasteiger partial charge is 0.251 e. The maximum absolute atomic E-state index is 12.0. The molecule has 0 aliphatic carbocycles. The molecule has 28 heavy (non-hydrogen) atoms. The van der Waals surface area contributed by atoms with Crippen LogP contribution in [-0.2, 0) is 17.9 Å². The minimum atomic E-state index is -0.102. The van der Waals surface area contributed by atoms with Crippen LogP contribution < -0.4 is 10.6 Å². The summed E-state index contributed by atoms with van der Waals surface area (Å²) in [5.41, 5.74) is 3.07. The maximum Gasteiger partial charge on any atom is 0.251 e. The summed E-state index contributed by atoms with van der Waals surface area (Å²) in [5.74, 6) is -0.0925. The Bertz CT molecular complexity index is 753. The molecule has 3 rings (SSSR count). The lowest BCUT2D eigenvalue weighted by molar-refractivity contribution is -0.121. The van der Waals surface area contributed by atoms with E-state index in [9.17, 15) is 9.59 Å². The van der Waals surface area contributed by atoms with E-state index < -0.39 is 0 Å². The summed E-state index contributed by atoms with van der Waals surface area (Å²) in [4.78, 5) is 26.4. The predicted molar refractivity (Wildman–Crippen MR) is 111 cm³/mol. The van der Waals surface area contributed by atoms with Crippen molar-refractivity contribution < 1.29 is 9.59 Å². The molecule has 0 atom stereocenters. The Morgan fingerprint density at radius 2 is 1.54 bits per heavy atom. The van der Waals surface area contributed by atoms with Gasteiger partial charge in [0.25, 0.3) is 5.91 Å². The molecule has 5 heteroatoms. The first kappa shape index (κ1) is 20.1. The first-order chi connectivity index (χ1) is 13.7. The second kappa shape index (κ2) is 10.6. The zero-order valence-electron chi connectivity index (χ0n) is 16.3. The fourth-order valence-electron chi connectivity index (χ4n) is 3.39. The normalized spacial score (nSPS) is 14.0. The molecular weight excluding hydrogens is 350 g/mol. The number of hydrogen-bond acceptors (Lipinski definition) is 3. The van der Waals surface area contributed by atoms with Gasteiger partial charge in [-0.1, -0.05) is 42.5 Å². The summed E-state index contributed by atoms with van der Waals surface area (Å²) in [5, 5.41) is 5.79. The molecule has 0 radical (unpaired) electrons. The van der Waals surface area contributed by atoms with E-state index in [4.69, 9.17) is 0 Å². The fourth-order valence-corrected chi connectivity index (χ4v) is 3.39. The summed E-state index contributed by atoms with van der Waals surface area (Å²) in [6, 6.07) is 17.6. The zero-order chi connectivity index (χ0) is 19.6. The lowest BCUT2D eigenvalue weighted by Crippen LogP contribution is -2.27. The van der Waals surface area contributed by atoms with Crippen LogP contribution in [0.3, 0.4) is 0 Å². The highest BCUT2D eigenvalue weighted by Crippen LogP contribution is 2.13. The van der Waals surface area contributed by atoms with Gasteiger partial charge in [0.15, 0.2) is 0 Å². The van der Waals surface area contributed by atoms with Gasteiger partial charge in [-0.3, -0.25) is 14.5 Å². The first-order valence-electron chi connectivity index (χ1n) is 10.1. The van der Waals surface area contributed by atoms with E-state index in [0.717, 1.165) is 12.1 Å². The topological polar surface area (TPSA) is 61.4 Å². The number of nitrogens with zero attached hydrogens (tertiary/aromatic N) is 1. The minimum Gasteiger partial charge on any atom is -0.352 e. The number of carbonyl (C=O) groups excluding carboxylic acids is 2. The van der Waals surface area contributed by atoms with Gasteiger partial charge >= 0.3 is 0 Å². The van der Waals surface area contributed by atoms with Crippen LogP contribution in [0.15, 0.2) is 54.6 Å². The molecule has 148 valence electrons. The van der Waals surface area contributed by atoms with Gasteiger partial charge in [0.1, 0.15) is 0 Å². The van der Waals surface area contributed by atoms with Crippen LogP contribution >= 0.6 is 0 Å². The number of hydrogen-bond donors (Lipinski definition) is 2. The van der Waals surface area contributed by atoms with Crippen molar-refractivity contribution >= 4 is 11.8 Å². The van der Waals surface area contributed by atoms with Crippen LogP contribution in [0.25, 0.3) is 0 Å². The second-order valence-corrected chi connectivity index (χ2v) is 7.30. The zero-order valence-corrected chi connectivity index (χ0v) is 16.3. The molecule has 0 spiro atoms. The highest BCUT2D eigenvalue weighted by atomic mass is 16.2. The van der Waals surface area contributed by atoms with Crippen molar-refractivity contribution in [2.75, 3.05) is 19.6 Å². The van der Waals surface area contributed by atoms with Crippen molar-refractivity contribution in [3.63, 3.8) is 0 Å². The van der Waals surface area contributed by atoms with Gasteiger partial charge in [-0.05, 0) is 55.6 Å². The number of amides is 2. The molecule has 0 unspecified atom stereocenters. The second-order valence-electron chi connectivity index (χ2n) is 7.30. The van der Waals surface area contributed by atoms with Gasteiger partial charge in [0.05, 0.1) is 0 Å². The van der Waals surface area contributed by atoms with E-state index in [0.29, 0.717) is 31.5 Å². The molecule has 0 saturated carbocycles. The van der Waals surface area contributed by atoms with E-state index in [-0.39, 0.29) is 11.8 Å². The van der Waals surface area contributed by atoms with Gasteiger partial charge in [0, 0.05) is 31.6 Å². The van der Waals surface area contributed by atoms with Crippen LogP contribution in [0.5, 0.6) is 0 Å². The highest BCUT2D eigenvalue weighted by molar-refractivity contribution is 5.94. The summed E-state index contributed by atoms with van der Waals surface area (Å²) in [6.45, 7) is 4.44. The number of nitrogens with one attached hydrogen (secondary N) is 2. The summed E-state index contributed by atoms with van der Waals surface area (Å²) in [7, 11) is 0. The van der Waals surface area contributed by atoms with Gasteiger partial charge in [-0.2, -0.15) is 0 Å². The van der Waals surface area contributed by atoms with Gasteiger partial charge in [-0.25, -0.2) is 0 Å². The molecule has 2 aromatic carbocycles. The molecule has 2 amide bonds. The van der Waals surface area contributed by atoms with Crippen LogP contribution in [0.4, 0.5) is 0 Å². The molecule has 0 aromatic heterocycles. The van der Waals surface area contributed by atoms with E-state index in [1.807, 2.05) is 18.2 Å². The molecule has 1 aliphatic rings. The van der Waals surface area contributed by atoms with Crippen LogP contribution in [0.1, 0.15) is 47.2 Å². The molecule has 2 N–H and O–H groups in total. The Hall–Kier alpha value is -2.66. The van der Waals surface area contributed by atoms with Gasteiger partial charge in [-0.15, -0.1) is 0 Å². The molecule has 1 aliphatic heterocycles. The van der Waals surface area contributed by atoms with E-state index >= 15 is 0 Å². The first-order valence-corrected chi connectivity index (χ1v) is 10.1. The molecule has 1 fully saturated rings. The number of carbonyl (C=O) groups is 2. The molecule has 2 aromatic rings. The fraction of sp³-hybridized carbons (Fsp3) is 0.391. The van der Waals surface area contributed by atoms with Crippen LogP contribution in [0, 0.1) is 0 Å². The highest BCUT2D eigenvalue weighted by Gasteiger charge is 2.11. The van der Waals surface area contributed by atoms with Crippen molar-refractivity contribution in [1.29, 1.82) is 0 Å². The Morgan fingerprint density at radius 1 is 0.857 bits per heavy atom. The Morgan fingerprint density at radius 3 is 2.25 bits per heavy atom. The quantitative estimate of drug-likeness (QED) is 0.658. The van der Waals surface area contributed by atoms with Crippen molar-refractivity contribution in [2.24, 2.45) is 0 Å². The van der Waals surface area contributed by atoms with Crippen molar-refractivity contribution in [3.8, 4) is 0 Å². The van der Waals surface area contributed by atoms with Crippen molar-refractivity contribution in [3.05, 3.63) is 71.3 Å². The average molecular weight is 380 g/mol. The molecule has 0 bridgehead atoms. The van der Waals surface area contributed by atoms with Gasteiger partial charge in [0.2, 0.25) is 5.91 Å². The van der Waals surface area contributed by atoms with Crippen LogP contribution in [0.2, 0.25) is 0 Å². The largest absolute Gasteiger partial charge is 0.352 e. The summed E-state index contributed by atoms with van der Waals surface area (Å²) in [6.07, 6.45) is 3.64. The number of rotatable bonds is 9. The predicted octanol–water partition coefficient (Wildman–Crippen LogP) is 3.11. The molecule has 5 nitrogen and oxygen atoms in total. The summed E-state index contributed by atoms with van der Waals surface area (Å²) >= 11 is 0. The Labute approximate surface area is 167 Å². The minimum absolute atomic E-state index is 0.00935. The van der Waals surface area contributed by atoms with Crippen LogP contribution in [-0.4, -0.2) is 36.3 Å².